The first-order chi connectivity index (χ1) is 17.6. The second kappa shape index (κ2) is 9.51. The van der Waals surface area contributed by atoms with Crippen LogP contribution in [0.4, 0.5) is 22.1 Å². The lowest BCUT2D eigenvalue weighted by Crippen LogP contribution is -2.46. The second-order valence-corrected chi connectivity index (χ2v) is 10.4. The summed E-state index contributed by atoms with van der Waals surface area (Å²) in [6.45, 7) is 5.35. The molecule has 0 aliphatic heterocycles. The van der Waals surface area contributed by atoms with Crippen LogP contribution in [-0.2, 0) is 4.74 Å². The van der Waals surface area contributed by atoms with Gasteiger partial charge in [0.1, 0.15) is 34.6 Å². The lowest BCUT2D eigenvalue weighted by molar-refractivity contribution is 0.0560. The number of carbonyl (C=O) groups is 2. The van der Waals surface area contributed by atoms with Crippen LogP contribution in [0.15, 0.2) is 30.6 Å². The molecule has 3 aromatic heterocycles. The highest BCUT2D eigenvalue weighted by atomic mass is 16.6. The van der Waals surface area contributed by atoms with Crippen LogP contribution in [-0.4, -0.2) is 67.6 Å². The van der Waals surface area contributed by atoms with Gasteiger partial charge in [0.25, 0.3) is 5.91 Å². The maximum Gasteiger partial charge on any atom is 0.415 e. The van der Waals surface area contributed by atoms with E-state index < -0.39 is 17.8 Å². The molecule has 2 amide bonds. The van der Waals surface area contributed by atoms with Gasteiger partial charge in [-0.25, -0.2) is 14.8 Å². The molecule has 2 fully saturated rings. The van der Waals surface area contributed by atoms with Gasteiger partial charge in [-0.2, -0.15) is 9.61 Å². The van der Waals surface area contributed by atoms with Gasteiger partial charge >= 0.3 is 6.09 Å². The summed E-state index contributed by atoms with van der Waals surface area (Å²) < 4.78 is 12.9. The number of anilines is 3. The van der Waals surface area contributed by atoms with Gasteiger partial charge in [-0.1, -0.05) is 0 Å². The molecule has 0 saturated heterocycles. The van der Waals surface area contributed by atoms with Crippen molar-refractivity contribution < 1.29 is 24.2 Å². The Morgan fingerprint density at radius 3 is 2.68 bits per heavy atom. The standard InChI is InChI=1S/C25H31N7O5/c1-25(2,3)37-24(35)31(4)20-12-19(29-18-6-5-9-26-23(18)36-16-7-8-16)30-21-17(13-27-32(20)21)22(34)28-14-10-15(33)11-14/h5-6,9,12-16,33H,7-8,10-11H2,1-4H3,(H,28,34)(H,29,30). The van der Waals surface area contributed by atoms with Crippen LogP contribution in [0.5, 0.6) is 5.88 Å². The summed E-state index contributed by atoms with van der Waals surface area (Å²) in [5.74, 6) is 0.791. The third-order valence-electron chi connectivity index (χ3n) is 5.99. The molecule has 0 aromatic carbocycles. The predicted octanol–water partition coefficient (Wildman–Crippen LogP) is 3.03. The molecule has 37 heavy (non-hydrogen) atoms. The van der Waals surface area contributed by atoms with Crippen LogP contribution in [0.3, 0.4) is 0 Å². The summed E-state index contributed by atoms with van der Waals surface area (Å²) in [5.41, 5.74) is 0.392. The maximum atomic E-state index is 13.0. The fraction of sp³-hybridized carbons (Fsp3) is 0.480. The van der Waals surface area contributed by atoms with E-state index in [0.717, 1.165) is 12.8 Å². The topological polar surface area (TPSA) is 143 Å². The molecular formula is C25H31N7O5. The average molecular weight is 510 g/mol. The van der Waals surface area contributed by atoms with Gasteiger partial charge in [0.05, 0.1) is 12.3 Å². The second-order valence-electron chi connectivity index (χ2n) is 10.4. The molecule has 2 aliphatic rings. The number of nitrogens with one attached hydrogen (secondary N) is 2. The zero-order valence-electron chi connectivity index (χ0n) is 21.3. The Labute approximate surface area is 214 Å². The Hall–Kier alpha value is -3.93. The number of hydrogen-bond acceptors (Lipinski definition) is 9. The summed E-state index contributed by atoms with van der Waals surface area (Å²) in [5, 5.41) is 20.0. The zero-order chi connectivity index (χ0) is 26.3. The summed E-state index contributed by atoms with van der Waals surface area (Å²) >= 11 is 0. The minimum absolute atomic E-state index is 0.111. The number of aliphatic hydroxyl groups is 1. The number of nitrogens with zero attached hydrogens (tertiary/aromatic N) is 5. The molecule has 5 rings (SSSR count). The Kier molecular flexibility index (Phi) is 6.36. The average Bonchev–Trinajstić information content (AvgIpc) is 3.52. The number of carbonyl (C=O) groups excluding carboxylic acids is 2. The van der Waals surface area contributed by atoms with E-state index in [9.17, 15) is 14.7 Å². The molecule has 0 atom stereocenters. The lowest BCUT2D eigenvalue weighted by Gasteiger charge is -2.31. The van der Waals surface area contributed by atoms with Gasteiger partial charge in [0.2, 0.25) is 5.88 Å². The smallest absolute Gasteiger partial charge is 0.415 e. The number of hydrogen-bond donors (Lipinski definition) is 3. The van der Waals surface area contributed by atoms with E-state index in [1.54, 1.807) is 46.1 Å². The molecule has 12 nitrogen and oxygen atoms in total. The summed E-state index contributed by atoms with van der Waals surface area (Å²) in [6.07, 6.45) is 5.20. The quantitative estimate of drug-likeness (QED) is 0.438. The van der Waals surface area contributed by atoms with Gasteiger partial charge in [-0.05, 0) is 58.6 Å². The van der Waals surface area contributed by atoms with E-state index in [-0.39, 0.29) is 29.3 Å². The van der Waals surface area contributed by atoms with Crippen molar-refractivity contribution >= 4 is 35.0 Å². The number of aliphatic hydroxyl groups excluding tert-OH is 1. The molecule has 3 N–H and O–H groups in total. The zero-order valence-corrected chi connectivity index (χ0v) is 21.3. The van der Waals surface area contributed by atoms with Crippen molar-refractivity contribution in [1.82, 2.24) is 24.9 Å². The Morgan fingerprint density at radius 2 is 2.00 bits per heavy atom. The minimum Gasteiger partial charge on any atom is -0.473 e. The van der Waals surface area contributed by atoms with Gasteiger partial charge in [-0.15, -0.1) is 0 Å². The number of aromatic nitrogens is 4. The largest absolute Gasteiger partial charge is 0.473 e. The highest BCUT2D eigenvalue weighted by Gasteiger charge is 2.31. The predicted molar refractivity (Wildman–Crippen MR) is 135 cm³/mol. The van der Waals surface area contributed by atoms with E-state index in [2.05, 4.69) is 25.7 Å². The number of fused-ring (bicyclic) bond motifs is 1. The van der Waals surface area contributed by atoms with Crippen molar-refractivity contribution in [3.63, 3.8) is 0 Å². The summed E-state index contributed by atoms with van der Waals surface area (Å²) in [4.78, 5) is 36.2. The van der Waals surface area contributed by atoms with Crippen LogP contribution in [0, 0.1) is 0 Å². The fourth-order valence-corrected chi connectivity index (χ4v) is 3.86. The van der Waals surface area contributed by atoms with E-state index >= 15 is 0 Å². The molecule has 0 radical (unpaired) electrons. The Balaban J connectivity index is 1.52. The third-order valence-corrected chi connectivity index (χ3v) is 5.99. The van der Waals surface area contributed by atoms with Gasteiger partial charge in [0.15, 0.2) is 5.65 Å². The molecule has 2 saturated carbocycles. The van der Waals surface area contributed by atoms with Crippen molar-refractivity contribution in [1.29, 1.82) is 0 Å². The highest BCUT2D eigenvalue weighted by Crippen LogP contribution is 2.32. The number of amides is 2. The molecule has 196 valence electrons. The molecule has 0 spiro atoms. The molecule has 3 aromatic rings. The number of pyridine rings is 1. The van der Waals surface area contributed by atoms with E-state index in [1.165, 1.54) is 15.6 Å². The van der Waals surface area contributed by atoms with Crippen LogP contribution >= 0.6 is 0 Å². The first kappa shape index (κ1) is 24.8. The van der Waals surface area contributed by atoms with Crippen LogP contribution in [0.25, 0.3) is 5.65 Å². The van der Waals surface area contributed by atoms with Gasteiger partial charge < -0.3 is 25.2 Å². The van der Waals surface area contributed by atoms with Crippen LogP contribution < -0.4 is 20.3 Å². The molecule has 0 unspecified atom stereocenters. The van der Waals surface area contributed by atoms with E-state index in [4.69, 9.17) is 9.47 Å². The highest BCUT2D eigenvalue weighted by molar-refractivity contribution is 6.00. The fourth-order valence-electron chi connectivity index (χ4n) is 3.86. The lowest BCUT2D eigenvalue weighted by atomic mass is 9.89. The van der Waals surface area contributed by atoms with Crippen molar-refractivity contribution in [2.24, 2.45) is 0 Å². The monoisotopic (exact) mass is 509 g/mol. The summed E-state index contributed by atoms with van der Waals surface area (Å²) in [7, 11) is 1.56. The molecule has 12 heteroatoms. The molecule has 3 heterocycles. The summed E-state index contributed by atoms with van der Waals surface area (Å²) in [6, 6.07) is 5.13. The first-order valence-electron chi connectivity index (χ1n) is 12.3. The molecule has 2 aliphatic carbocycles. The van der Waals surface area contributed by atoms with E-state index in [1.807, 2.05) is 6.07 Å². The van der Waals surface area contributed by atoms with Crippen molar-refractivity contribution in [3.05, 3.63) is 36.2 Å². The van der Waals surface area contributed by atoms with Crippen molar-refractivity contribution in [2.45, 2.75) is 70.3 Å². The van der Waals surface area contributed by atoms with Crippen LogP contribution in [0.2, 0.25) is 0 Å². The SMILES string of the molecule is CN(C(=O)OC(C)(C)C)c1cc(Nc2cccnc2OC2CC2)nc2c(C(=O)NC3CC(O)C3)cnn12. The van der Waals surface area contributed by atoms with Gasteiger partial charge in [0, 0.05) is 25.4 Å². The molecular weight excluding hydrogens is 478 g/mol. The van der Waals surface area contributed by atoms with E-state index in [0.29, 0.717) is 36.0 Å². The number of ether oxygens (including phenoxy) is 2. The van der Waals surface area contributed by atoms with Gasteiger partial charge in [-0.3, -0.25) is 9.69 Å². The van der Waals surface area contributed by atoms with Crippen molar-refractivity contribution in [2.75, 3.05) is 17.3 Å². The minimum atomic E-state index is -0.703. The van der Waals surface area contributed by atoms with Crippen LogP contribution in [0.1, 0.15) is 56.8 Å². The number of rotatable bonds is 7. The maximum absolute atomic E-state index is 13.0. The van der Waals surface area contributed by atoms with Crippen molar-refractivity contribution in [3.8, 4) is 5.88 Å². The first-order valence-corrected chi connectivity index (χ1v) is 12.3. The normalized spacial score (nSPS) is 19.2. The molecule has 0 bridgehead atoms. The third kappa shape index (κ3) is 5.58. The Morgan fingerprint density at radius 1 is 1.24 bits per heavy atom. The Bertz CT molecular complexity index is 1320.